The van der Waals surface area contributed by atoms with Crippen LogP contribution in [0.1, 0.15) is 0 Å². The maximum absolute atomic E-state index is 0. The minimum Gasteiger partial charge on any atom is -0.870 e. The Morgan fingerprint density at radius 2 is 0.429 bits per heavy atom. The van der Waals surface area contributed by atoms with Gasteiger partial charge in [0.15, 0.2) is 0 Å². The molecule has 0 aromatic heterocycles. The van der Waals surface area contributed by atoms with Crippen molar-refractivity contribution in [2.75, 3.05) is 0 Å². The largest absolute Gasteiger partial charge is 3.00 e. The second kappa shape index (κ2) is 340. The molecule has 0 rings (SSSR count). The molecule has 0 aliphatic rings. The topological polar surface area (TPSA) is 150 Å². The van der Waals surface area contributed by atoms with Crippen LogP contribution in [-0.2, 0) is 16.5 Å². The summed E-state index contributed by atoms with van der Waals surface area (Å²) in [5.41, 5.74) is 0. The quantitative estimate of drug-likeness (QED) is 0.416. The van der Waals surface area contributed by atoms with Crippen LogP contribution in [0.4, 0.5) is 0 Å². The van der Waals surface area contributed by atoms with E-state index in [0.29, 0.717) is 0 Å². The van der Waals surface area contributed by atoms with Gasteiger partial charge in [0.1, 0.15) is 0 Å². The van der Waals surface area contributed by atoms with Crippen LogP contribution >= 0.6 is 0 Å². The van der Waals surface area contributed by atoms with E-state index in [0.717, 1.165) is 0 Å². The van der Waals surface area contributed by atoms with E-state index in [1.165, 1.54) is 0 Å². The van der Waals surface area contributed by atoms with Gasteiger partial charge >= 0.3 is 33.9 Å². The fourth-order valence-electron chi connectivity index (χ4n) is 0. The molecular weight excluding hydrogens is 166 g/mol. The minimum atomic E-state index is 0. The summed E-state index contributed by atoms with van der Waals surface area (Å²) >= 11 is 0. The third-order valence-electron chi connectivity index (χ3n) is 0. The summed E-state index contributed by atoms with van der Waals surface area (Å²) in [6.07, 6.45) is 0. The third kappa shape index (κ3) is 233. The smallest absolute Gasteiger partial charge is 0.870 e. The Bertz CT molecular complexity index is 8.04. The molecule has 0 heterocycles. The van der Waals surface area contributed by atoms with Gasteiger partial charge in [0.05, 0.1) is 0 Å². The normalized spacial score (nSPS) is 0. The van der Waals surface area contributed by atoms with E-state index in [1.807, 2.05) is 0 Å². The molecular formula is H5AlNiO5. The first-order valence-electron chi connectivity index (χ1n) is 0. The van der Waals surface area contributed by atoms with Gasteiger partial charge in [-0.15, -0.1) is 0 Å². The van der Waals surface area contributed by atoms with Crippen molar-refractivity contribution in [3.05, 3.63) is 0 Å². The molecule has 48 valence electrons. The Morgan fingerprint density at radius 3 is 0.429 bits per heavy atom. The zero-order valence-corrected chi connectivity index (χ0v) is 5.27. The van der Waals surface area contributed by atoms with Gasteiger partial charge in [-0.05, 0) is 0 Å². The van der Waals surface area contributed by atoms with Crippen molar-refractivity contribution < 1.29 is 43.9 Å². The van der Waals surface area contributed by atoms with E-state index in [-0.39, 0.29) is 61.2 Å². The van der Waals surface area contributed by atoms with Crippen molar-refractivity contribution in [2.24, 2.45) is 0 Å². The van der Waals surface area contributed by atoms with Crippen molar-refractivity contribution in [1.82, 2.24) is 0 Å². The molecule has 0 aromatic carbocycles. The molecule has 0 fully saturated rings. The SMILES string of the molecule is [Al+3].[Ni+2].[OH-].[OH-].[OH-].[OH-].[OH-]. The molecule has 0 aromatic rings. The van der Waals surface area contributed by atoms with Gasteiger partial charge in [0, 0.05) is 0 Å². The molecule has 7 heteroatoms. The van der Waals surface area contributed by atoms with Gasteiger partial charge in [0.2, 0.25) is 0 Å². The van der Waals surface area contributed by atoms with E-state index < -0.39 is 0 Å². The van der Waals surface area contributed by atoms with E-state index in [2.05, 4.69) is 0 Å². The molecule has 0 aliphatic carbocycles. The molecule has 0 radical (unpaired) electrons. The van der Waals surface area contributed by atoms with Crippen LogP contribution in [0.5, 0.6) is 0 Å². The molecule has 5 N–H and O–H groups in total. The zero-order chi connectivity index (χ0) is 0. The maximum atomic E-state index is 0. The van der Waals surface area contributed by atoms with Gasteiger partial charge in [-0.2, -0.15) is 0 Å². The maximum Gasteiger partial charge on any atom is 3.00 e. The summed E-state index contributed by atoms with van der Waals surface area (Å²) in [6.45, 7) is 0. The summed E-state index contributed by atoms with van der Waals surface area (Å²) in [4.78, 5) is 0. The standard InChI is InChI=1S/Al.Ni.5H2O/h;;5*1H2/q+3;+2;;;;;/p-5. The van der Waals surface area contributed by atoms with Gasteiger partial charge in [-0.3, -0.25) is 0 Å². The Kier molecular flexibility index (Phi) is 25900. The van der Waals surface area contributed by atoms with Crippen molar-refractivity contribution in [1.29, 1.82) is 0 Å². The van der Waals surface area contributed by atoms with Crippen LogP contribution in [-0.4, -0.2) is 44.7 Å². The summed E-state index contributed by atoms with van der Waals surface area (Å²) in [5, 5.41) is 0. The van der Waals surface area contributed by atoms with Crippen molar-refractivity contribution in [2.45, 2.75) is 0 Å². The fourth-order valence-corrected chi connectivity index (χ4v) is 0. The molecule has 0 bridgehead atoms. The van der Waals surface area contributed by atoms with Crippen LogP contribution in [0.15, 0.2) is 0 Å². The first-order valence-corrected chi connectivity index (χ1v) is 0. The second-order valence-electron chi connectivity index (χ2n) is 0. The molecule has 0 atom stereocenters. The van der Waals surface area contributed by atoms with Crippen molar-refractivity contribution >= 4 is 17.4 Å². The average molecular weight is 171 g/mol. The first kappa shape index (κ1) is 534. The van der Waals surface area contributed by atoms with Crippen LogP contribution in [0.2, 0.25) is 0 Å². The van der Waals surface area contributed by atoms with Gasteiger partial charge in [-0.1, -0.05) is 0 Å². The third-order valence-corrected chi connectivity index (χ3v) is 0. The van der Waals surface area contributed by atoms with Crippen LogP contribution < -0.4 is 0 Å². The van der Waals surface area contributed by atoms with Crippen molar-refractivity contribution in [3.8, 4) is 0 Å². The molecule has 0 saturated heterocycles. The van der Waals surface area contributed by atoms with E-state index >= 15 is 0 Å². The van der Waals surface area contributed by atoms with Crippen LogP contribution in [0, 0.1) is 0 Å². The Hall–Kier alpha value is 0.826. The summed E-state index contributed by atoms with van der Waals surface area (Å²) in [7, 11) is 0. The molecule has 0 unspecified atom stereocenters. The molecule has 0 amide bonds. The summed E-state index contributed by atoms with van der Waals surface area (Å²) in [6, 6.07) is 0. The van der Waals surface area contributed by atoms with Crippen LogP contribution in [0.3, 0.4) is 0 Å². The second-order valence-corrected chi connectivity index (χ2v) is 0. The number of hydrogen-bond acceptors (Lipinski definition) is 5. The zero-order valence-electron chi connectivity index (χ0n) is 3.13. The van der Waals surface area contributed by atoms with E-state index in [1.54, 1.807) is 0 Å². The van der Waals surface area contributed by atoms with Crippen LogP contribution in [0.25, 0.3) is 0 Å². The monoisotopic (exact) mass is 170 g/mol. The predicted octanol–water partition coefficient (Wildman–Crippen LogP) is -1.27. The minimum absolute atomic E-state index is 0. The molecule has 0 saturated carbocycles. The Morgan fingerprint density at radius 1 is 0.429 bits per heavy atom. The van der Waals surface area contributed by atoms with Crippen molar-refractivity contribution in [3.63, 3.8) is 0 Å². The number of hydrogen-bond donors (Lipinski definition) is 0. The predicted molar refractivity (Wildman–Crippen MR) is 15.4 cm³/mol. The van der Waals surface area contributed by atoms with Gasteiger partial charge < -0.3 is 27.4 Å². The first-order chi connectivity index (χ1) is 0. The molecule has 0 spiro atoms. The van der Waals surface area contributed by atoms with Gasteiger partial charge in [-0.25, -0.2) is 0 Å². The Labute approximate surface area is 61.7 Å². The molecule has 7 heavy (non-hydrogen) atoms. The fraction of sp³-hybridized carbons (Fsp3) is 0. The van der Waals surface area contributed by atoms with E-state index in [9.17, 15) is 0 Å². The number of rotatable bonds is 0. The summed E-state index contributed by atoms with van der Waals surface area (Å²) < 4.78 is 0. The average Bonchev–Trinajstić information content (AvgIpc) is 0. The van der Waals surface area contributed by atoms with Gasteiger partial charge in [0.25, 0.3) is 0 Å². The molecule has 5 nitrogen and oxygen atoms in total. The molecule has 0 aliphatic heterocycles. The Balaban J connectivity index is 0. The van der Waals surface area contributed by atoms with E-state index in [4.69, 9.17) is 0 Å². The summed E-state index contributed by atoms with van der Waals surface area (Å²) in [5.74, 6) is 0.